The normalized spacial score (nSPS) is 12.2. The third-order valence-electron chi connectivity index (χ3n) is 2.69. The van der Waals surface area contributed by atoms with Crippen LogP contribution in [0, 0.1) is 5.92 Å². The molecule has 0 saturated heterocycles. The Morgan fingerprint density at radius 3 is 2.58 bits per heavy atom. The standard InChI is InChI=1S/C13H24N2O4/c1-5-15(13(17)19-14-3)10-8-6-7-9-11(2)12(16)18-4/h6,8,11,14H,5,7,9-10H2,1-4H3/b8-6-/t11-/m0/s1. The third-order valence-corrected chi connectivity index (χ3v) is 2.69. The second-order valence-electron chi connectivity index (χ2n) is 4.08. The molecule has 0 rings (SSSR count). The zero-order valence-electron chi connectivity index (χ0n) is 12.1. The van der Waals surface area contributed by atoms with E-state index in [2.05, 4.69) is 15.1 Å². The van der Waals surface area contributed by atoms with Crippen LogP contribution in [0.1, 0.15) is 26.7 Å². The van der Waals surface area contributed by atoms with Gasteiger partial charge in [-0.15, -0.1) is 0 Å². The van der Waals surface area contributed by atoms with Gasteiger partial charge in [-0.3, -0.25) is 4.79 Å². The van der Waals surface area contributed by atoms with Crippen LogP contribution in [-0.2, 0) is 14.4 Å². The average Bonchev–Trinajstić information content (AvgIpc) is 2.41. The smallest absolute Gasteiger partial charge is 0.428 e. The molecular formula is C13H24N2O4. The number of amides is 1. The van der Waals surface area contributed by atoms with Gasteiger partial charge in [-0.25, -0.2) is 4.79 Å². The lowest BCUT2D eigenvalue weighted by molar-refractivity contribution is -0.144. The van der Waals surface area contributed by atoms with Gasteiger partial charge in [0.2, 0.25) is 0 Å². The van der Waals surface area contributed by atoms with Gasteiger partial charge in [0.25, 0.3) is 0 Å². The van der Waals surface area contributed by atoms with Gasteiger partial charge < -0.3 is 14.5 Å². The van der Waals surface area contributed by atoms with Crippen molar-refractivity contribution in [2.75, 3.05) is 27.2 Å². The van der Waals surface area contributed by atoms with Crippen LogP contribution in [0.4, 0.5) is 4.79 Å². The lowest BCUT2D eigenvalue weighted by atomic mass is 10.1. The molecule has 110 valence electrons. The Labute approximate surface area is 114 Å². The molecule has 0 fully saturated rings. The van der Waals surface area contributed by atoms with Crippen molar-refractivity contribution in [3.63, 3.8) is 0 Å². The Morgan fingerprint density at radius 1 is 1.37 bits per heavy atom. The van der Waals surface area contributed by atoms with E-state index in [-0.39, 0.29) is 11.9 Å². The number of nitrogens with one attached hydrogen (secondary N) is 1. The van der Waals surface area contributed by atoms with E-state index >= 15 is 0 Å². The lowest BCUT2D eigenvalue weighted by Gasteiger charge is -2.17. The number of hydrogen-bond acceptors (Lipinski definition) is 5. The van der Waals surface area contributed by atoms with Gasteiger partial charge in [-0.05, 0) is 19.8 Å². The largest absolute Gasteiger partial charge is 0.469 e. The molecule has 1 N–H and O–H groups in total. The average molecular weight is 272 g/mol. The minimum Gasteiger partial charge on any atom is -0.469 e. The molecule has 1 atom stereocenters. The number of esters is 1. The number of allylic oxidation sites excluding steroid dienone is 1. The minimum atomic E-state index is -0.405. The van der Waals surface area contributed by atoms with E-state index in [1.807, 2.05) is 26.0 Å². The Morgan fingerprint density at radius 2 is 2.05 bits per heavy atom. The number of ether oxygens (including phenoxy) is 1. The summed E-state index contributed by atoms with van der Waals surface area (Å²) >= 11 is 0. The van der Waals surface area contributed by atoms with Crippen molar-refractivity contribution < 1.29 is 19.2 Å². The second-order valence-corrected chi connectivity index (χ2v) is 4.08. The van der Waals surface area contributed by atoms with Gasteiger partial charge in [-0.2, -0.15) is 5.48 Å². The molecular weight excluding hydrogens is 248 g/mol. The lowest BCUT2D eigenvalue weighted by Crippen LogP contribution is -2.34. The molecule has 0 spiro atoms. The Hall–Kier alpha value is -1.56. The van der Waals surface area contributed by atoms with Crippen molar-refractivity contribution in [3.05, 3.63) is 12.2 Å². The van der Waals surface area contributed by atoms with Gasteiger partial charge in [-0.1, -0.05) is 19.1 Å². The first-order valence-corrected chi connectivity index (χ1v) is 6.42. The fourth-order valence-electron chi connectivity index (χ4n) is 1.47. The Bertz CT molecular complexity index is 305. The van der Waals surface area contributed by atoms with Crippen molar-refractivity contribution in [3.8, 4) is 0 Å². The fourth-order valence-corrected chi connectivity index (χ4v) is 1.47. The number of hydroxylamine groups is 1. The topological polar surface area (TPSA) is 67.9 Å². The first-order valence-electron chi connectivity index (χ1n) is 6.42. The SMILES string of the molecule is CCN(C/C=C\CC[C@H](C)C(=O)OC)C(=O)ONC. The molecule has 0 saturated carbocycles. The highest BCUT2D eigenvalue weighted by molar-refractivity contribution is 5.71. The molecule has 0 radical (unpaired) electrons. The molecule has 0 aromatic carbocycles. The molecule has 19 heavy (non-hydrogen) atoms. The van der Waals surface area contributed by atoms with E-state index in [4.69, 9.17) is 0 Å². The molecule has 6 heteroatoms. The van der Waals surface area contributed by atoms with Crippen molar-refractivity contribution in [1.29, 1.82) is 0 Å². The molecule has 0 aromatic rings. The summed E-state index contributed by atoms with van der Waals surface area (Å²) in [6.07, 6.45) is 4.95. The minimum absolute atomic E-state index is 0.105. The number of nitrogens with zero attached hydrogens (tertiary/aromatic N) is 1. The molecule has 0 unspecified atom stereocenters. The maximum atomic E-state index is 11.4. The number of rotatable bonds is 8. The molecule has 6 nitrogen and oxygen atoms in total. The van der Waals surface area contributed by atoms with Crippen molar-refractivity contribution in [1.82, 2.24) is 10.4 Å². The molecule has 0 heterocycles. The molecule has 0 aliphatic rings. The molecule has 0 aromatic heterocycles. The van der Waals surface area contributed by atoms with E-state index in [1.165, 1.54) is 14.2 Å². The molecule has 0 aliphatic heterocycles. The van der Waals surface area contributed by atoms with Crippen LogP contribution in [0.15, 0.2) is 12.2 Å². The van der Waals surface area contributed by atoms with Crippen LogP contribution >= 0.6 is 0 Å². The fraction of sp³-hybridized carbons (Fsp3) is 0.692. The summed E-state index contributed by atoms with van der Waals surface area (Å²) < 4.78 is 4.64. The zero-order valence-corrected chi connectivity index (χ0v) is 12.1. The zero-order chi connectivity index (χ0) is 14.7. The maximum absolute atomic E-state index is 11.4. The van der Waals surface area contributed by atoms with Crippen LogP contribution < -0.4 is 5.48 Å². The monoisotopic (exact) mass is 272 g/mol. The highest BCUT2D eigenvalue weighted by Crippen LogP contribution is 2.07. The Kier molecular flexibility index (Phi) is 9.52. The van der Waals surface area contributed by atoms with Crippen LogP contribution in [-0.4, -0.2) is 44.2 Å². The van der Waals surface area contributed by atoms with Gasteiger partial charge in [0.1, 0.15) is 0 Å². The summed E-state index contributed by atoms with van der Waals surface area (Å²) in [4.78, 5) is 28.8. The van der Waals surface area contributed by atoms with Crippen LogP contribution in [0.5, 0.6) is 0 Å². The van der Waals surface area contributed by atoms with Crippen molar-refractivity contribution in [2.45, 2.75) is 26.7 Å². The number of carbonyl (C=O) groups excluding carboxylic acids is 2. The van der Waals surface area contributed by atoms with Gasteiger partial charge in [0.15, 0.2) is 0 Å². The Balaban J connectivity index is 3.94. The van der Waals surface area contributed by atoms with Crippen LogP contribution in [0.3, 0.4) is 0 Å². The van der Waals surface area contributed by atoms with Gasteiger partial charge in [0.05, 0.1) is 13.0 Å². The highest BCUT2D eigenvalue weighted by Gasteiger charge is 2.12. The predicted octanol–water partition coefficient (Wildman–Crippen LogP) is 1.72. The summed E-state index contributed by atoms with van der Waals surface area (Å²) in [6.45, 7) is 4.78. The summed E-state index contributed by atoms with van der Waals surface area (Å²) in [5.74, 6) is -0.299. The number of likely N-dealkylation sites (N-methyl/N-ethyl adjacent to an activating group) is 1. The van der Waals surface area contributed by atoms with Crippen molar-refractivity contribution in [2.24, 2.45) is 5.92 Å². The van der Waals surface area contributed by atoms with E-state index in [1.54, 1.807) is 4.90 Å². The van der Waals surface area contributed by atoms with Crippen LogP contribution in [0.2, 0.25) is 0 Å². The predicted molar refractivity (Wildman–Crippen MR) is 72.3 cm³/mol. The summed E-state index contributed by atoms with van der Waals surface area (Å²) in [5, 5.41) is 0. The maximum Gasteiger partial charge on any atom is 0.428 e. The summed E-state index contributed by atoms with van der Waals surface area (Å²) in [6, 6.07) is 0. The quantitative estimate of drug-likeness (QED) is 0.414. The van der Waals surface area contributed by atoms with E-state index in [9.17, 15) is 9.59 Å². The van der Waals surface area contributed by atoms with Crippen molar-refractivity contribution >= 4 is 12.1 Å². The van der Waals surface area contributed by atoms with E-state index in [0.717, 1.165) is 12.8 Å². The van der Waals surface area contributed by atoms with E-state index < -0.39 is 6.09 Å². The van der Waals surface area contributed by atoms with Gasteiger partial charge >= 0.3 is 12.1 Å². The summed E-state index contributed by atoms with van der Waals surface area (Å²) in [7, 11) is 2.93. The highest BCUT2D eigenvalue weighted by atomic mass is 16.7. The van der Waals surface area contributed by atoms with E-state index in [0.29, 0.717) is 13.1 Å². The van der Waals surface area contributed by atoms with Crippen LogP contribution in [0.25, 0.3) is 0 Å². The summed E-state index contributed by atoms with van der Waals surface area (Å²) in [5.41, 5.74) is 2.35. The third kappa shape index (κ3) is 7.46. The molecule has 0 aliphatic carbocycles. The number of methoxy groups -OCH3 is 1. The number of carbonyl (C=O) groups is 2. The number of hydrogen-bond donors (Lipinski definition) is 1. The first kappa shape index (κ1) is 17.4. The second kappa shape index (κ2) is 10.4. The molecule has 1 amide bonds. The van der Waals surface area contributed by atoms with Gasteiger partial charge in [0, 0.05) is 20.1 Å². The first-order chi connectivity index (χ1) is 9.06. The molecule has 0 bridgehead atoms.